The standard InChI is InChI=1S/C8H6O4.2Na.H2O/c9-7(10)5-1-2-6(4-3-5)8(11)12;;;/h1-4H,(H,9,10)(H,11,12);;;1H2/q;2*+1;/p-2. The van der Waals surface area contributed by atoms with E-state index in [4.69, 9.17) is 5.11 Å². The van der Waals surface area contributed by atoms with E-state index in [1.807, 2.05) is 0 Å². The number of carboxylic acids is 2. The molecule has 1 aromatic carbocycles. The van der Waals surface area contributed by atoms with Gasteiger partial charge in [-0.1, -0.05) is 12.1 Å². The average Bonchev–Trinajstić information content (AvgIpc) is 2.04. The third kappa shape index (κ3) is 6.32. The van der Waals surface area contributed by atoms with Crippen molar-refractivity contribution in [3.63, 3.8) is 0 Å². The van der Waals surface area contributed by atoms with Crippen LogP contribution in [0.1, 0.15) is 20.7 Å². The number of aromatic carboxylic acids is 2. The third-order valence-corrected chi connectivity index (χ3v) is 1.37. The molecule has 1 aromatic rings. The summed E-state index contributed by atoms with van der Waals surface area (Å²) in [5, 5.41) is 18.7. The van der Waals surface area contributed by atoms with Gasteiger partial charge >= 0.3 is 65.1 Å². The van der Waals surface area contributed by atoms with Crippen LogP contribution in [0, 0.1) is 0 Å². The molecule has 7 heteroatoms. The fourth-order valence-electron chi connectivity index (χ4n) is 0.749. The normalized spacial score (nSPS) is 7.47. The van der Waals surface area contributed by atoms with Crippen LogP contribution in [0.3, 0.4) is 0 Å². The maximum atomic E-state index is 10.3. The predicted molar refractivity (Wildman–Crippen MR) is 39.7 cm³/mol. The van der Waals surface area contributed by atoms with Gasteiger partial charge in [-0.15, -0.1) is 0 Å². The second-order valence-corrected chi connectivity index (χ2v) is 2.17. The number of carboxylic acid groups (broad SMARTS) is 2. The van der Waals surface area contributed by atoms with Crippen molar-refractivity contribution in [3.8, 4) is 0 Å². The molecule has 0 unspecified atom stereocenters. The number of carbonyl (C=O) groups excluding carboxylic acids is 1. The van der Waals surface area contributed by atoms with Crippen LogP contribution in [-0.4, -0.2) is 22.5 Å². The first kappa shape index (κ1) is 20.5. The van der Waals surface area contributed by atoms with Gasteiger partial charge in [-0.3, -0.25) is 0 Å². The summed E-state index contributed by atoms with van der Waals surface area (Å²) in [7, 11) is 0. The molecule has 0 saturated heterocycles. The Kier molecular flexibility index (Phi) is 12.8. The Morgan fingerprint density at radius 1 is 1.00 bits per heavy atom. The minimum atomic E-state index is -1.31. The first-order valence-electron chi connectivity index (χ1n) is 3.16. The van der Waals surface area contributed by atoms with E-state index >= 15 is 0 Å². The van der Waals surface area contributed by atoms with Crippen molar-refractivity contribution in [1.29, 1.82) is 0 Å². The van der Waals surface area contributed by atoms with E-state index < -0.39 is 11.9 Å². The van der Waals surface area contributed by atoms with Crippen LogP contribution in [0.4, 0.5) is 0 Å². The van der Waals surface area contributed by atoms with Gasteiger partial charge in [0.25, 0.3) is 0 Å². The summed E-state index contributed by atoms with van der Waals surface area (Å²) in [5.41, 5.74) is 0.0278. The Morgan fingerprint density at radius 2 is 1.33 bits per heavy atom. The van der Waals surface area contributed by atoms with Crippen molar-refractivity contribution >= 4 is 11.9 Å². The van der Waals surface area contributed by atoms with E-state index in [0.29, 0.717) is 0 Å². The van der Waals surface area contributed by atoms with Crippen LogP contribution in [0.2, 0.25) is 0 Å². The average molecular weight is 228 g/mol. The van der Waals surface area contributed by atoms with Crippen LogP contribution in [-0.2, 0) is 0 Å². The summed E-state index contributed by atoms with van der Waals surface area (Å²) >= 11 is 0. The number of rotatable bonds is 2. The largest absolute Gasteiger partial charge is 1.00 e. The van der Waals surface area contributed by atoms with E-state index in [9.17, 15) is 14.7 Å². The summed E-state index contributed by atoms with van der Waals surface area (Å²) in [5.74, 6) is -2.40. The fraction of sp³-hybridized carbons (Fsp3) is 0. The van der Waals surface area contributed by atoms with Crippen LogP contribution in [0.15, 0.2) is 24.3 Å². The third-order valence-electron chi connectivity index (χ3n) is 1.37. The molecule has 0 aliphatic heterocycles. The van der Waals surface area contributed by atoms with Crippen molar-refractivity contribution in [3.05, 3.63) is 35.4 Å². The van der Waals surface area contributed by atoms with Gasteiger partial charge < -0.3 is 20.5 Å². The van der Waals surface area contributed by atoms with Gasteiger partial charge in [0.2, 0.25) is 0 Å². The first-order chi connectivity index (χ1) is 5.61. The van der Waals surface area contributed by atoms with Crippen molar-refractivity contribution < 1.29 is 84.4 Å². The van der Waals surface area contributed by atoms with Gasteiger partial charge in [-0.25, -0.2) is 4.79 Å². The number of benzene rings is 1. The summed E-state index contributed by atoms with van der Waals surface area (Å²) in [6.07, 6.45) is 0. The molecule has 70 valence electrons. The molecule has 0 fully saturated rings. The zero-order valence-electron chi connectivity index (χ0n) is 8.43. The molecule has 0 radical (unpaired) electrons. The van der Waals surface area contributed by atoms with Crippen LogP contribution >= 0.6 is 0 Å². The summed E-state index contributed by atoms with van der Waals surface area (Å²) in [4.78, 5) is 20.5. The molecule has 0 aliphatic carbocycles. The Labute approximate surface area is 130 Å². The molecule has 15 heavy (non-hydrogen) atoms. The predicted octanol–water partition coefficient (Wildman–Crippen LogP) is -6.42. The Morgan fingerprint density at radius 3 is 1.60 bits per heavy atom. The molecular weight excluding hydrogens is 222 g/mol. The molecule has 0 amide bonds. The summed E-state index contributed by atoms with van der Waals surface area (Å²) in [6.45, 7) is 0. The molecule has 2 N–H and O–H groups in total. The minimum absolute atomic E-state index is 0. The summed E-state index contributed by atoms with van der Waals surface area (Å²) < 4.78 is 0. The quantitative estimate of drug-likeness (QED) is 0.506. The summed E-state index contributed by atoms with van der Waals surface area (Å²) in [6, 6.07) is 4.82. The Bertz CT molecular complexity index is 289. The molecule has 5 nitrogen and oxygen atoms in total. The van der Waals surface area contributed by atoms with E-state index in [0.717, 1.165) is 0 Å². The van der Waals surface area contributed by atoms with Crippen LogP contribution in [0.25, 0.3) is 0 Å². The Hall–Kier alpha value is 0.120. The maximum Gasteiger partial charge on any atom is 1.00 e. The van der Waals surface area contributed by atoms with Gasteiger partial charge in [-0.05, 0) is 17.7 Å². The SMILES string of the molecule is O=C([O-])c1ccc(C(=O)O)cc1.[Na+].[Na+].[OH-]. The molecule has 0 spiro atoms. The number of hydrogen-bond acceptors (Lipinski definition) is 4. The van der Waals surface area contributed by atoms with E-state index in [2.05, 4.69) is 0 Å². The van der Waals surface area contributed by atoms with Crippen molar-refractivity contribution in [1.82, 2.24) is 0 Å². The van der Waals surface area contributed by atoms with Gasteiger partial charge in [-0.2, -0.15) is 0 Å². The molecule has 0 atom stereocenters. The number of carbonyl (C=O) groups is 2. The molecule has 0 bridgehead atoms. The van der Waals surface area contributed by atoms with E-state index in [-0.39, 0.29) is 75.7 Å². The second kappa shape index (κ2) is 9.35. The topological polar surface area (TPSA) is 107 Å². The molecular formula is C8H6Na2O5. The van der Waals surface area contributed by atoms with Crippen molar-refractivity contribution in [2.75, 3.05) is 0 Å². The zero-order chi connectivity index (χ0) is 9.14. The minimum Gasteiger partial charge on any atom is -0.870 e. The van der Waals surface area contributed by atoms with Crippen LogP contribution in [0.5, 0.6) is 0 Å². The maximum absolute atomic E-state index is 10.3. The molecule has 1 rings (SSSR count). The zero-order valence-corrected chi connectivity index (χ0v) is 12.4. The van der Waals surface area contributed by atoms with Gasteiger partial charge in [0.1, 0.15) is 0 Å². The van der Waals surface area contributed by atoms with E-state index in [1.54, 1.807) is 0 Å². The Balaban J connectivity index is -0.000000480. The van der Waals surface area contributed by atoms with Gasteiger partial charge in [0.05, 0.1) is 11.5 Å². The van der Waals surface area contributed by atoms with Crippen molar-refractivity contribution in [2.24, 2.45) is 0 Å². The molecule has 0 heterocycles. The molecule has 0 saturated carbocycles. The molecule has 0 aromatic heterocycles. The van der Waals surface area contributed by atoms with Crippen LogP contribution < -0.4 is 64.2 Å². The number of hydrogen-bond donors (Lipinski definition) is 1. The van der Waals surface area contributed by atoms with Gasteiger partial charge in [0.15, 0.2) is 0 Å². The van der Waals surface area contributed by atoms with E-state index in [1.165, 1.54) is 24.3 Å². The van der Waals surface area contributed by atoms with Crippen molar-refractivity contribution in [2.45, 2.75) is 0 Å². The second-order valence-electron chi connectivity index (χ2n) is 2.17. The first-order valence-corrected chi connectivity index (χ1v) is 3.16. The fourth-order valence-corrected chi connectivity index (χ4v) is 0.749. The molecule has 0 aliphatic rings. The van der Waals surface area contributed by atoms with Gasteiger partial charge in [0, 0.05) is 0 Å². The monoisotopic (exact) mass is 228 g/mol. The smallest absolute Gasteiger partial charge is 0.870 e.